The third-order valence-electron chi connectivity index (χ3n) is 4.31. The summed E-state index contributed by atoms with van der Waals surface area (Å²) in [5, 5.41) is 0. The molecule has 0 spiro atoms. The standard InChI is InChI=1S/C17H21N3O3/c1-12-8-20-11-18-16(17(21)23-3)15(20)10-19(12)9-13-4-6-14(22-2)7-5-13/h4-7,11-12H,8-10H2,1-3H3/t12-/m0/s1. The number of imidazole rings is 1. The summed E-state index contributed by atoms with van der Waals surface area (Å²) in [5.41, 5.74) is 2.55. The molecule has 0 saturated carbocycles. The molecule has 0 saturated heterocycles. The van der Waals surface area contributed by atoms with Gasteiger partial charge in [-0.1, -0.05) is 12.1 Å². The largest absolute Gasteiger partial charge is 0.497 e. The zero-order valence-electron chi connectivity index (χ0n) is 13.7. The minimum absolute atomic E-state index is 0.365. The van der Waals surface area contributed by atoms with E-state index in [1.807, 2.05) is 16.7 Å². The highest BCUT2D eigenvalue weighted by molar-refractivity contribution is 5.88. The van der Waals surface area contributed by atoms with Gasteiger partial charge in [-0.15, -0.1) is 0 Å². The molecule has 2 aromatic rings. The van der Waals surface area contributed by atoms with Gasteiger partial charge >= 0.3 is 5.97 Å². The van der Waals surface area contributed by atoms with Gasteiger partial charge in [0.25, 0.3) is 0 Å². The number of hydrogen-bond acceptors (Lipinski definition) is 5. The molecule has 6 nitrogen and oxygen atoms in total. The van der Waals surface area contributed by atoms with Gasteiger partial charge in [-0.25, -0.2) is 9.78 Å². The molecule has 23 heavy (non-hydrogen) atoms. The second-order valence-corrected chi connectivity index (χ2v) is 5.79. The molecule has 0 amide bonds. The lowest BCUT2D eigenvalue weighted by Gasteiger charge is -2.34. The molecule has 1 aromatic carbocycles. The van der Waals surface area contributed by atoms with Gasteiger partial charge in [-0.3, -0.25) is 4.90 Å². The van der Waals surface area contributed by atoms with E-state index in [1.165, 1.54) is 12.7 Å². The number of methoxy groups -OCH3 is 2. The summed E-state index contributed by atoms with van der Waals surface area (Å²) in [6, 6.07) is 8.43. The summed E-state index contributed by atoms with van der Waals surface area (Å²) in [6.07, 6.45) is 1.73. The number of rotatable bonds is 4. The Morgan fingerprint density at radius 1 is 1.30 bits per heavy atom. The van der Waals surface area contributed by atoms with E-state index in [9.17, 15) is 4.79 Å². The number of hydrogen-bond donors (Lipinski definition) is 0. The van der Waals surface area contributed by atoms with Crippen molar-refractivity contribution in [1.82, 2.24) is 14.5 Å². The summed E-state index contributed by atoms with van der Waals surface area (Å²) in [4.78, 5) is 18.4. The molecular weight excluding hydrogens is 294 g/mol. The van der Waals surface area contributed by atoms with E-state index in [0.717, 1.165) is 24.5 Å². The molecule has 0 fully saturated rings. The Kier molecular flexibility index (Phi) is 4.34. The van der Waals surface area contributed by atoms with Crippen molar-refractivity contribution in [2.75, 3.05) is 14.2 Å². The molecule has 2 heterocycles. The van der Waals surface area contributed by atoms with Crippen molar-refractivity contribution in [3.8, 4) is 5.75 Å². The van der Waals surface area contributed by atoms with E-state index in [1.54, 1.807) is 13.4 Å². The van der Waals surface area contributed by atoms with E-state index in [0.29, 0.717) is 18.3 Å². The van der Waals surface area contributed by atoms with Crippen LogP contribution in [0.15, 0.2) is 30.6 Å². The van der Waals surface area contributed by atoms with Crippen LogP contribution < -0.4 is 4.74 Å². The van der Waals surface area contributed by atoms with Crippen LogP contribution in [-0.4, -0.2) is 40.7 Å². The van der Waals surface area contributed by atoms with Gasteiger partial charge in [0.15, 0.2) is 5.69 Å². The highest BCUT2D eigenvalue weighted by Crippen LogP contribution is 2.23. The highest BCUT2D eigenvalue weighted by Gasteiger charge is 2.28. The van der Waals surface area contributed by atoms with Crippen molar-refractivity contribution in [2.45, 2.75) is 32.6 Å². The molecule has 1 aromatic heterocycles. The maximum Gasteiger partial charge on any atom is 0.358 e. The van der Waals surface area contributed by atoms with Gasteiger partial charge in [0.2, 0.25) is 0 Å². The average Bonchev–Trinajstić information content (AvgIpc) is 2.97. The number of aromatic nitrogens is 2. The first-order valence-corrected chi connectivity index (χ1v) is 7.61. The SMILES string of the molecule is COC(=O)c1ncn2c1CN(Cc1ccc(OC)cc1)[C@@H](C)C2. The van der Waals surface area contributed by atoms with Crippen LogP contribution in [-0.2, 0) is 24.4 Å². The van der Waals surface area contributed by atoms with Crippen molar-refractivity contribution in [3.05, 3.63) is 47.5 Å². The minimum atomic E-state index is -0.377. The smallest absolute Gasteiger partial charge is 0.358 e. The Bertz CT molecular complexity index is 694. The van der Waals surface area contributed by atoms with E-state index in [-0.39, 0.29) is 5.97 Å². The van der Waals surface area contributed by atoms with Gasteiger partial charge in [-0.05, 0) is 24.6 Å². The lowest BCUT2D eigenvalue weighted by molar-refractivity contribution is 0.0587. The highest BCUT2D eigenvalue weighted by atomic mass is 16.5. The van der Waals surface area contributed by atoms with Gasteiger partial charge in [0.1, 0.15) is 5.75 Å². The topological polar surface area (TPSA) is 56.6 Å². The van der Waals surface area contributed by atoms with Crippen LogP contribution in [0.2, 0.25) is 0 Å². The summed E-state index contributed by atoms with van der Waals surface area (Å²) in [5.74, 6) is 0.476. The quantitative estimate of drug-likeness (QED) is 0.809. The van der Waals surface area contributed by atoms with Crippen molar-refractivity contribution in [3.63, 3.8) is 0 Å². The number of benzene rings is 1. The Morgan fingerprint density at radius 3 is 2.70 bits per heavy atom. The third kappa shape index (κ3) is 3.07. The first-order chi connectivity index (χ1) is 11.1. The molecule has 3 rings (SSSR count). The number of nitrogens with zero attached hydrogens (tertiary/aromatic N) is 3. The summed E-state index contributed by atoms with van der Waals surface area (Å²) < 4.78 is 12.1. The number of fused-ring (bicyclic) bond motifs is 1. The summed E-state index contributed by atoms with van der Waals surface area (Å²) in [7, 11) is 3.05. The van der Waals surface area contributed by atoms with Crippen LogP contribution in [0, 0.1) is 0 Å². The fraction of sp³-hybridized carbons (Fsp3) is 0.412. The van der Waals surface area contributed by atoms with E-state index in [2.05, 4.69) is 28.9 Å². The molecule has 0 N–H and O–H groups in total. The minimum Gasteiger partial charge on any atom is -0.497 e. The molecule has 0 unspecified atom stereocenters. The second kappa shape index (κ2) is 6.42. The lowest BCUT2D eigenvalue weighted by atomic mass is 10.1. The maximum absolute atomic E-state index is 11.8. The Morgan fingerprint density at radius 2 is 2.04 bits per heavy atom. The molecular formula is C17H21N3O3. The number of ether oxygens (including phenoxy) is 2. The van der Waals surface area contributed by atoms with Gasteiger partial charge < -0.3 is 14.0 Å². The maximum atomic E-state index is 11.8. The fourth-order valence-corrected chi connectivity index (χ4v) is 2.92. The van der Waals surface area contributed by atoms with E-state index < -0.39 is 0 Å². The first kappa shape index (κ1) is 15.6. The molecule has 1 aliphatic rings. The van der Waals surface area contributed by atoms with E-state index >= 15 is 0 Å². The Hall–Kier alpha value is -2.34. The van der Waals surface area contributed by atoms with Crippen LogP contribution in [0.25, 0.3) is 0 Å². The Labute approximate surface area is 135 Å². The van der Waals surface area contributed by atoms with Crippen LogP contribution in [0.1, 0.15) is 28.7 Å². The molecule has 0 radical (unpaired) electrons. The van der Waals surface area contributed by atoms with Crippen molar-refractivity contribution in [2.24, 2.45) is 0 Å². The summed E-state index contributed by atoms with van der Waals surface area (Å²) in [6.45, 7) is 4.49. The molecule has 122 valence electrons. The molecule has 6 heteroatoms. The summed E-state index contributed by atoms with van der Waals surface area (Å²) >= 11 is 0. The normalized spacial score (nSPS) is 17.6. The van der Waals surface area contributed by atoms with Crippen LogP contribution in [0.4, 0.5) is 0 Å². The third-order valence-corrected chi connectivity index (χ3v) is 4.31. The van der Waals surface area contributed by atoms with Gasteiger partial charge in [0.05, 0.1) is 26.2 Å². The Balaban J connectivity index is 1.79. The predicted octanol–water partition coefficient (Wildman–Crippen LogP) is 2.08. The first-order valence-electron chi connectivity index (χ1n) is 7.61. The zero-order chi connectivity index (χ0) is 16.4. The van der Waals surface area contributed by atoms with Crippen LogP contribution in [0.5, 0.6) is 5.75 Å². The van der Waals surface area contributed by atoms with Crippen molar-refractivity contribution >= 4 is 5.97 Å². The fourth-order valence-electron chi connectivity index (χ4n) is 2.92. The predicted molar refractivity (Wildman–Crippen MR) is 85.3 cm³/mol. The number of carbonyl (C=O) groups excluding carboxylic acids is 1. The average molecular weight is 315 g/mol. The van der Waals surface area contributed by atoms with Gasteiger partial charge in [-0.2, -0.15) is 0 Å². The van der Waals surface area contributed by atoms with Crippen molar-refractivity contribution in [1.29, 1.82) is 0 Å². The molecule has 1 aliphatic heterocycles. The molecule has 0 aliphatic carbocycles. The molecule has 0 bridgehead atoms. The number of esters is 1. The monoisotopic (exact) mass is 315 g/mol. The van der Waals surface area contributed by atoms with Crippen LogP contribution in [0.3, 0.4) is 0 Å². The van der Waals surface area contributed by atoms with Crippen LogP contribution >= 0.6 is 0 Å². The lowest BCUT2D eigenvalue weighted by Crippen LogP contribution is -2.40. The zero-order valence-corrected chi connectivity index (χ0v) is 13.7. The molecule has 1 atom stereocenters. The van der Waals surface area contributed by atoms with Gasteiger partial charge in [0, 0.05) is 25.7 Å². The van der Waals surface area contributed by atoms with Crippen molar-refractivity contribution < 1.29 is 14.3 Å². The second-order valence-electron chi connectivity index (χ2n) is 5.79. The number of carbonyl (C=O) groups is 1. The van der Waals surface area contributed by atoms with E-state index in [4.69, 9.17) is 9.47 Å².